The number of hydrogen-bond acceptors (Lipinski definition) is 8. The van der Waals surface area contributed by atoms with Gasteiger partial charge in [0.15, 0.2) is 13.9 Å². The van der Waals surface area contributed by atoms with Gasteiger partial charge in [0.25, 0.3) is 5.91 Å². The van der Waals surface area contributed by atoms with Crippen LogP contribution in [-0.4, -0.2) is 71.1 Å². The standard InChI is InChI=1S/C36H40BrN5O6Si/c1-23-33(49(2,3)46)32(15-16-40-21-30(38-39-40)28(22-43)25-7-5-4-6-8-25)48-36(23)29-19-26(37)11-14-31(29)42(34(36)44)20-24-9-12-27(13-10-24)41-17-18-47-35(41)45/h4-14,19,21,23,28,32-33,43,46H,15-18,20,22H2,1-3H3/t23-,28?,32+,33-,36+/m0/s1. The fourth-order valence-electron chi connectivity index (χ4n) is 7.97. The molecule has 3 aliphatic heterocycles. The van der Waals surface area contributed by atoms with Crippen molar-refractivity contribution in [1.82, 2.24) is 15.0 Å². The number of fused-ring (bicyclic) bond motifs is 2. The number of aromatic nitrogens is 3. The Balaban J connectivity index is 1.15. The van der Waals surface area contributed by atoms with Crippen molar-refractivity contribution in [2.45, 2.75) is 62.7 Å². The first-order valence-corrected chi connectivity index (χ1v) is 20.4. The van der Waals surface area contributed by atoms with Gasteiger partial charge in [0.1, 0.15) is 6.61 Å². The Morgan fingerprint density at radius 1 is 1.08 bits per heavy atom. The highest BCUT2D eigenvalue weighted by atomic mass is 79.9. The summed E-state index contributed by atoms with van der Waals surface area (Å²) < 4.78 is 14.7. The molecule has 4 heterocycles. The van der Waals surface area contributed by atoms with E-state index in [0.717, 1.165) is 32.5 Å². The number of halogens is 1. The van der Waals surface area contributed by atoms with Gasteiger partial charge < -0.3 is 24.3 Å². The van der Waals surface area contributed by atoms with Crippen LogP contribution in [-0.2, 0) is 33.0 Å². The van der Waals surface area contributed by atoms with Gasteiger partial charge in [-0.15, -0.1) is 5.10 Å². The van der Waals surface area contributed by atoms with E-state index in [4.69, 9.17) is 9.47 Å². The van der Waals surface area contributed by atoms with Crippen LogP contribution in [0.2, 0.25) is 18.6 Å². The topological polar surface area (TPSA) is 130 Å². The number of aryl methyl sites for hydroxylation is 1. The highest BCUT2D eigenvalue weighted by Crippen LogP contribution is 2.60. The molecule has 5 atom stereocenters. The van der Waals surface area contributed by atoms with Crippen molar-refractivity contribution >= 4 is 47.6 Å². The molecule has 49 heavy (non-hydrogen) atoms. The van der Waals surface area contributed by atoms with Crippen molar-refractivity contribution < 1.29 is 29.0 Å². The number of ether oxygens (including phenoxy) is 2. The molecule has 1 spiro atoms. The van der Waals surface area contributed by atoms with E-state index in [1.165, 1.54) is 0 Å². The zero-order valence-corrected chi connectivity index (χ0v) is 30.3. The predicted octanol–water partition coefficient (Wildman–Crippen LogP) is 5.56. The average molecular weight is 747 g/mol. The van der Waals surface area contributed by atoms with Gasteiger partial charge >= 0.3 is 6.09 Å². The molecular formula is C36H40BrN5O6Si. The van der Waals surface area contributed by atoms with Gasteiger partial charge in [-0.05, 0) is 61.0 Å². The van der Waals surface area contributed by atoms with Crippen LogP contribution in [0.15, 0.2) is 83.5 Å². The number of cyclic esters (lactones) is 1. The molecule has 13 heteroatoms. The molecule has 0 bridgehead atoms. The van der Waals surface area contributed by atoms with Crippen molar-refractivity contribution in [3.8, 4) is 0 Å². The zero-order valence-electron chi connectivity index (χ0n) is 27.7. The van der Waals surface area contributed by atoms with Gasteiger partial charge in [0.05, 0.1) is 43.1 Å². The maximum atomic E-state index is 14.8. The first kappa shape index (κ1) is 33.6. The molecule has 2 fully saturated rings. The van der Waals surface area contributed by atoms with Crippen molar-refractivity contribution in [2.75, 3.05) is 29.6 Å². The first-order chi connectivity index (χ1) is 23.5. The number of carbonyl (C=O) groups excluding carboxylic acids is 2. The monoisotopic (exact) mass is 745 g/mol. The van der Waals surface area contributed by atoms with Gasteiger partial charge in [0, 0.05) is 39.9 Å². The third-order valence-corrected chi connectivity index (χ3v) is 13.2. The quantitative estimate of drug-likeness (QED) is 0.202. The van der Waals surface area contributed by atoms with Gasteiger partial charge in [-0.25, -0.2) is 4.79 Å². The summed E-state index contributed by atoms with van der Waals surface area (Å²) in [6.45, 7) is 7.43. The van der Waals surface area contributed by atoms with Gasteiger partial charge in [-0.1, -0.05) is 70.5 Å². The lowest BCUT2D eigenvalue weighted by Gasteiger charge is -2.32. The van der Waals surface area contributed by atoms with Gasteiger partial charge in [0.2, 0.25) is 0 Å². The molecule has 0 radical (unpaired) electrons. The predicted molar refractivity (Wildman–Crippen MR) is 190 cm³/mol. The molecule has 256 valence electrons. The van der Waals surface area contributed by atoms with E-state index in [9.17, 15) is 19.5 Å². The Labute approximate surface area is 294 Å². The summed E-state index contributed by atoms with van der Waals surface area (Å²) in [5, 5.41) is 18.9. The van der Waals surface area contributed by atoms with Crippen LogP contribution < -0.4 is 9.80 Å². The third-order valence-electron chi connectivity index (χ3n) is 10.2. The lowest BCUT2D eigenvalue weighted by molar-refractivity contribution is -0.146. The summed E-state index contributed by atoms with van der Waals surface area (Å²) in [5.41, 5.74) is 3.35. The van der Waals surface area contributed by atoms with Crippen LogP contribution in [0.5, 0.6) is 0 Å². The second-order valence-electron chi connectivity index (χ2n) is 13.7. The number of rotatable bonds is 10. The number of amides is 2. The van der Waals surface area contributed by atoms with Crippen LogP contribution in [0.1, 0.15) is 41.6 Å². The molecule has 2 saturated heterocycles. The maximum Gasteiger partial charge on any atom is 0.414 e. The lowest BCUT2D eigenvalue weighted by Crippen LogP contribution is -2.46. The summed E-state index contributed by atoms with van der Waals surface area (Å²) in [5.74, 6) is -0.744. The Hall–Kier alpha value is -3.88. The number of aliphatic hydroxyl groups excluding tert-OH is 1. The molecule has 2 amide bonds. The first-order valence-electron chi connectivity index (χ1n) is 16.6. The fourth-order valence-corrected chi connectivity index (χ4v) is 10.9. The molecule has 1 aromatic heterocycles. The Morgan fingerprint density at radius 3 is 2.51 bits per heavy atom. The SMILES string of the molecule is C[C@H]1[C@H]([Si](C)(C)O)[C@@H](CCn2cc(C(CO)c3ccccc3)nn2)O[C@]12C(=O)N(Cc1ccc(N3CCOC3=O)cc1)c1ccc(Br)cc12. The minimum atomic E-state index is -2.86. The summed E-state index contributed by atoms with van der Waals surface area (Å²) in [4.78, 5) is 41.9. The number of anilines is 2. The molecule has 0 aliphatic carbocycles. The van der Waals surface area contributed by atoms with Crippen molar-refractivity contribution in [2.24, 2.45) is 5.92 Å². The number of hydrogen-bond donors (Lipinski definition) is 2. The van der Waals surface area contributed by atoms with Gasteiger partial charge in [-0.3, -0.25) is 14.4 Å². The second kappa shape index (κ2) is 13.1. The highest BCUT2D eigenvalue weighted by Gasteiger charge is 2.66. The Bertz CT molecular complexity index is 1850. The minimum absolute atomic E-state index is 0.0916. The smallest absolute Gasteiger partial charge is 0.414 e. The molecule has 11 nitrogen and oxygen atoms in total. The molecule has 4 aromatic rings. The van der Waals surface area contributed by atoms with E-state index in [1.54, 1.807) is 14.5 Å². The third kappa shape index (κ3) is 6.01. The molecule has 3 aromatic carbocycles. The Morgan fingerprint density at radius 2 is 1.84 bits per heavy atom. The second-order valence-corrected chi connectivity index (χ2v) is 18.6. The van der Waals surface area contributed by atoms with E-state index >= 15 is 0 Å². The molecule has 2 N–H and O–H groups in total. The number of benzene rings is 3. The average Bonchev–Trinajstić information content (AvgIpc) is 3.84. The van der Waals surface area contributed by atoms with E-state index < -0.39 is 20.0 Å². The molecule has 1 unspecified atom stereocenters. The summed E-state index contributed by atoms with van der Waals surface area (Å²) in [6.07, 6.45) is 1.60. The summed E-state index contributed by atoms with van der Waals surface area (Å²) in [6, 6.07) is 23.2. The fraction of sp³-hybridized carbons (Fsp3) is 0.389. The number of aliphatic hydroxyl groups is 1. The van der Waals surface area contributed by atoms with Crippen LogP contribution in [0.4, 0.5) is 16.2 Å². The maximum absolute atomic E-state index is 14.8. The lowest BCUT2D eigenvalue weighted by atomic mass is 9.82. The zero-order chi connectivity index (χ0) is 34.5. The van der Waals surface area contributed by atoms with E-state index in [1.807, 2.05) is 99.0 Å². The van der Waals surface area contributed by atoms with E-state index in [-0.39, 0.29) is 36.0 Å². The van der Waals surface area contributed by atoms with Crippen molar-refractivity contribution in [1.29, 1.82) is 0 Å². The number of nitrogens with zero attached hydrogens (tertiary/aromatic N) is 5. The molecule has 7 rings (SSSR count). The summed E-state index contributed by atoms with van der Waals surface area (Å²) >= 11 is 3.63. The normalized spacial score (nSPS) is 24.2. The van der Waals surface area contributed by atoms with Crippen molar-refractivity contribution in [3.05, 3.63) is 106 Å². The highest BCUT2D eigenvalue weighted by molar-refractivity contribution is 9.10. The Kier molecular flexibility index (Phi) is 8.99. The summed E-state index contributed by atoms with van der Waals surface area (Å²) in [7, 11) is -2.86. The van der Waals surface area contributed by atoms with Crippen LogP contribution >= 0.6 is 15.9 Å². The van der Waals surface area contributed by atoms with Crippen LogP contribution in [0.25, 0.3) is 0 Å². The molecule has 0 saturated carbocycles. The van der Waals surface area contributed by atoms with E-state index in [2.05, 4.69) is 26.2 Å². The van der Waals surface area contributed by atoms with Crippen LogP contribution in [0.3, 0.4) is 0 Å². The van der Waals surface area contributed by atoms with Crippen LogP contribution in [0, 0.1) is 5.92 Å². The largest absolute Gasteiger partial charge is 0.447 e. The molecular weight excluding hydrogens is 706 g/mol. The van der Waals surface area contributed by atoms with Gasteiger partial charge in [-0.2, -0.15) is 0 Å². The molecule has 3 aliphatic rings. The minimum Gasteiger partial charge on any atom is -0.447 e. The van der Waals surface area contributed by atoms with E-state index in [0.29, 0.717) is 38.4 Å². The van der Waals surface area contributed by atoms with Crippen molar-refractivity contribution in [3.63, 3.8) is 0 Å². The number of carbonyl (C=O) groups is 2.